The number of carbonyl (C=O) groups excluding carboxylic acids is 2. The number of hydrogen-bond donors (Lipinski definition) is 0. The Morgan fingerprint density at radius 2 is 1.41 bits per heavy atom. The van der Waals surface area contributed by atoms with Crippen molar-refractivity contribution in [2.24, 2.45) is 56.7 Å². The fourth-order valence-corrected chi connectivity index (χ4v) is 13.5. The minimum absolute atomic E-state index is 0.0389. The van der Waals surface area contributed by atoms with Crippen LogP contribution in [0.1, 0.15) is 117 Å². The fraction of sp³-hybridized carbons (Fsp3) is 0.644. The molecule has 5 unspecified atom stereocenters. The molecular weight excluding hydrogens is 604 g/mol. The maximum absolute atomic E-state index is 14.3. The van der Waals surface area contributed by atoms with E-state index < -0.39 is 5.41 Å². The molecule has 4 heteroatoms. The predicted octanol–water partition coefficient (Wildman–Crippen LogP) is 10.5. The largest absolute Gasteiger partial charge is 0.462 e. The van der Waals surface area contributed by atoms with Crippen molar-refractivity contribution in [2.75, 3.05) is 0 Å². The molecule has 0 spiro atoms. The smallest absolute Gasteiger partial charge is 0.312 e. The van der Waals surface area contributed by atoms with Crippen molar-refractivity contribution < 1.29 is 19.1 Å². The van der Waals surface area contributed by atoms with Gasteiger partial charge in [-0.25, -0.2) is 0 Å². The Morgan fingerprint density at radius 3 is 2.08 bits per heavy atom. The Balaban J connectivity index is 1.13. The van der Waals surface area contributed by atoms with Crippen LogP contribution in [0.3, 0.4) is 0 Å². The van der Waals surface area contributed by atoms with Gasteiger partial charge in [-0.2, -0.15) is 0 Å². The lowest BCUT2D eigenvalue weighted by Gasteiger charge is -2.72. The average molecular weight is 665 g/mol. The van der Waals surface area contributed by atoms with E-state index in [1.54, 1.807) is 0 Å². The first-order valence-electron chi connectivity index (χ1n) is 19.4. The van der Waals surface area contributed by atoms with E-state index in [0.29, 0.717) is 42.6 Å². The number of ether oxygens (including phenoxy) is 2. The molecule has 5 fully saturated rings. The van der Waals surface area contributed by atoms with Crippen LogP contribution < -0.4 is 0 Å². The van der Waals surface area contributed by atoms with E-state index in [2.05, 4.69) is 48.1 Å². The topological polar surface area (TPSA) is 52.6 Å². The molecular formula is C45H60O4. The summed E-state index contributed by atoms with van der Waals surface area (Å²) >= 11 is 0. The molecule has 0 amide bonds. The second-order valence-electron chi connectivity index (χ2n) is 18.4. The number of esters is 2. The Labute approximate surface area is 295 Å². The Bertz CT molecular complexity index is 1560. The average Bonchev–Trinajstić information content (AvgIpc) is 3.48. The lowest BCUT2D eigenvalue weighted by atomic mass is 9.32. The highest BCUT2D eigenvalue weighted by atomic mass is 16.5. The van der Waals surface area contributed by atoms with Crippen LogP contribution in [-0.4, -0.2) is 18.0 Å². The molecule has 0 radical (unpaired) electrons. The van der Waals surface area contributed by atoms with Crippen molar-refractivity contribution in [1.29, 1.82) is 0 Å². The van der Waals surface area contributed by atoms with Crippen LogP contribution in [0.15, 0.2) is 72.8 Å². The van der Waals surface area contributed by atoms with Crippen LogP contribution in [0.25, 0.3) is 0 Å². The van der Waals surface area contributed by atoms with Gasteiger partial charge in [0.2, 0.25) is 0 Å². The van der Waals surface area contributed by atoms with E-state index in [1.165, 1.54) is 31.3 Å². The van der Waals surface area contributed by atoms with E-state index in [4.69, 9.17) is 9.47 Å². The highest BCUT2D eigenvalue weighted by molar-refractivity contribution is 5.78. The molecule has 2 aromatic rings. The number of benzene rings is 2. The van der Waals surface area contributed by atoms with Crippen LogP contribution >= 0.6 is 0 Å². The zero-order valence-electron chi connectivity index (χ0n) is 31.1. The highest BCUT2D eigenvalue weighted by Crippen LogP contribution is 2.77. The summed E-state index contributed by atoms with van der Waals surface area (Å²) in [7, 11) is 0. The summed E-state index contributed by atoms with van der Waals surface area (Å²) in [5.41, 5.74) is 3.36. The minimum Gasteiger partial charge on any atom is -0.462 e. The van der Waals surface area contributed by atoms with Crippen molar-refractivity contribution in [2.45, 2.75) is 125 Å². The van der Waals surface area contributed by atoms with Gasteiger partial charge in [-0.3, -0.25) is 9.59 Å². The van der Waals surface area contributed by atoms with Gasteiger partial charge in [0, 0.05) is 5.41 Å². The van der Waals surface area contributed by atoms with Crippen molar-refractivity contribution in [3.8, 4) is 0 Å². The summed E-state index contributed by atoms with van der Waals surface area (Å²) in [5.74, 6) is 2.22. The van der Waals surface area contributed by atoms with Gasteiger partial charge in [0.1, 0.15) is 12.7 Å². The molecule has 264 valence electrons. The first-order chi connectivity index (χ1) is 23.3. The molecule has 0 heterocycles. The molecule has 0 bridgehead atoms. The molecule has 4 nitrogen and oxygen atoms in total. The lowest BCUT2D eigenvalue weighted by molar-refractivity contribution is -0.251. The highest BCUT2D eigenvalue weighted by Gasteiger charge is 2.72. The number of carbonyl (C=O) groups is 2. The third-order valence-electron chi connectivity index (χ3n) is 16.1. The summed E-state index contributed by atoms with van der Waals surface area (Å²) < 4.78 is 12.6. The SMILES string of the molecule is C=C(C)C1CC[C@]2(C(=O)OCc3ccccc3)CC[C@]3(C)C(CCC4[C@@]5(C)CC[C@H](OC(=O)Cc6ccccc6)C(C)(C)C5CC[C@]43C)C12. The number of hydrogen-bond acceptors (Lipinski definition) is 4. The molecule has 5 aliphatic carbocycles. The third kappa shape index (κ3) is 5.36. The predicted molar refractivity (Wildman–Crippen MR) is 195 cm³/mol. The van der Waals surface area contributed by atoms with Gasteiger partial charge in [-0.05, 0) is 128 Å². The third-order valence-corrected chi connectivity index (χ3v) is 16.1. The van der Waals surface area contributed by atoms with Crippen LogP contribution in [-0.2, 0) is 32.1 Å². The van der Waals surface area contributed by atoms with E-state index in [-0.39, 0.29) is 39.7 Å². The van der Waals surface area contributed by atoms with Gasteiger partial charge < -0.3 is 9.47 Å². The monoisotopic (exact) mass is 664 g/mol. The maximum atomic E-state index is 14.3. The van der Waals surface area contributed by atoms with Crippen LogP contribution in [0.4, 0.5) is 0 Å². The second kappa shape index (κ2) is 12.4. The minimum atomic E-state index is -0.406. The van der Waals surface area contributed by atoms with Crippen LogP contribution in [0, 0.1) is 56.7 Å². The molecule has 0 N–H and O–H groups in total. The van der Waals surface area contributed by atoms with Gasteiger partial charge in [0.15, 0.2) is 0 Å². The summed E-state index contributed by atoms with van der Waals surface area (Å²) in [6, 6.07) is 20.1. The van der Waals surface area contributed by atoms with Gasteiger partial charge >= 0.3 is 11.9 Å². The normalized spacial score (nSPS) is 40.5. The van der Waals surface area contributed by atoms with E-state index in [0.717, 1.165) is 49.7 Å². The molecule has 7 rings (SSSR count). The molecule has 10 atom stereocenters. The van der Waals surface area contributed by atoms with Crippen molar-refractivity contribution in [1.82, 2.24) is 0 Å². The quantitative estimate of drug-likeness (QED) is 0.218. The second-order valence-corrected chi connectivity index (χ2v) is 18.4. The molecule has 49 heavy (non-hydrogen) atoms. The molecule has 0 aromatic heterocycles. The van der Waals surface area contributed by atoms with Gasteiger partial charge in [-0.1, -0.05) is 107 Å². The summed E-state index contributed by atoms with van der Waals surface area (Å²) in [6.07, 6.45) is 11.1. The maximum Gasteiger partial charge on any atom is 0.312 e. The summed E-state index contributed by atoms with van der Waals surface area (Å²) in [6.45, 7) is 19.7. The molecule has 0 saturated heterocycles. The number of rotatable bonds is 7. The standard InChI is InChI=1S/C45H60O4/c1-30(2)33-20-25-45(40(47)48-29-32-16-12-9-13-17-32)27-26-43(6)34(39(33)45)18-19-36-42(5)23-22-37(41(3,4)35(42)21-24-44(36,43)7)49-38(46)28-31-14-10-8-11-15-31/h8-17,33-37,39H,1,18-29H2,2-7H3/t33?,34?,35?,36?,37-,39?,42-,43+,44+,45-/m0/s1. The lowest BCUT2D eigenvalue weighted by Crippen LogP contribution is -2.67. The summed E-state index contributed by atoms with van der Waals surface area (Å²) in [4.78, 5) is 27.5. The Hall–Kier alpha value is -2.88. The molecule has 5 aliphatic rings. The van der Waals surface area contributed by atoms with E-state index >= 15 is 0 Å². The van der Waals surface area contributed by atoms with Gasteiger partial charge in [0.05, 0.1) is 11.8 Å². The van der Waals surface area contributed by atoms with E-state index in [1.807, 2.05) is 60.7 Å². The van der Waals surface area contributed by atoms with Crippen molar-refractivity contribution >= 4 is 11.9 Å². The van der Waals surface area contributed by atoms with Gasteiger partial charge in [-0.15, -0.1) is 0 Å². The summed E-state index contributed by atoms with van der Waals surface area (Å²) in [5, 5.41) is 0. The Kier molecular flexibility index (Phi) is 8.76. The van der Waals surface area contributed by atoms with Crippen LogP contribution in [0.5, 0.6) is 0 Å². The van der Waals surface area contributed by atoms with E-state index in [9.17, 15) is 9.59 Å². The van der Waals surface area contributed by atoms with Crippen molar-refractivity contribution in [3.05, 3.63) is 83.9 Å². The fourth-order valence-electron chi connectivity index (χ4n) is 13.5. The molecule has 2 aromatic carbocycles. The number of allylic oxidation sites excluding steroid dienone is 1. The van der Waals surface area contributed by atoms with Crippen LogP contribution in [0.2, 0.25) is 0 Å². The van der Waals surface area contributed by atoms with Gasteiger partial charge in [0.25, 0.3) is 0 Å². The van der Waals surface area contributed by atoms with Crippen molar-refractivity contribution in [3.63, 3.8) is 0 Å². The molecule has 5 saturated carbocycles. The zero-order chi connectivity index (χ0) is 34.8. The first kappa shape index (κ1) is 34.6. The molecule has 0 aliphatic heterocycles. The zero-order valence-corrected chi connectivity index (χ0v) is 31.1. The Morgan fingerprint density at radius 1 is 0.735 bits per heavy atom. The first-order valence-corrected chi connectivity index (χ1v) is 19.4. The number of fused-ring (bicyclic) bond motifs is 7.